The molecule has 3 aromatic rings. The Bertz CT molecular complexity index is 1140. The molecule has 3 rings (SSSR count). The largest absolute Gasteiger partial charge is 0.478 e. The van der Waals surface area contributed by atoms with Gasteiger partial charge in [0.05, 0.1) is 6.04 Å². The summed E-state index contributed by atoms with van der Waals surface area (Å²) in [6.45, 7) is 0. The van der Waals surface area contributed by atoms with Gasteiger partial charge in [0.25, 0.3) is 12.0 Å². The summed E-state index contributed by atoms with van der Waals surface area (Å²) < 4.78 is 5.41. The Labute approximate surface area is 202 Å². The lowest BCUT2D eigenvalue weighted by atomic mass is 9.98. The van der Waals surface area contributed by atoms with Crippen molar-refractivity contribution in [2.75, 3.05) is 0 Å². The minimum atomic E-state index is -1.72. The number of aliphatic carboxylic acids is 1. The van der Waals surface area contributed by atoms with Crippen LogP contribution in [0.15, 0.2) is 84.9 Å². The maximum absolute atomic E-state index is 12.9. The Morgan fingerprint density at radius 2 is 1.41 bits per heavy atom. The first-order chi connectivity index (χ1) is 15.8. The summed E-state index contributed by atoms with van der Waals surface area (Å²) in [5.41, 5.74) is 6.87. The van der Waals surface area contributed by atoms with Crippen molar-refractivity contribution in [1.29, 1.82) is 5.41 Å². The number of carboxylic acid groups (broad SMARTS) is 1. The van der Waals surface area contributed by atoms with Crippen LogP contribution in [0.4, 0.5) is 0 Å². The standard InChI is InChI=1S/C25H23N3O5.ClH/c26-23(27)17-11-13-18(14-12-17)24(30)28-20(16-7-3-1-4-8-16)15-21(29)22(25(31)32)33-19-9-5-2-6-10-19;/h1-14,20,22H,15H2,(H3,26,27)(H,28,30)(H,31,32);1H. The number of para-hydroxylation sites is 1. The van der Waals surface area contributed by atoms with Gasteiger partial charge in [0, 0.05) is 17.5 Å². The van der Waals surface area contributed by atoms with Gasteiger partial charge in [0.15, 0.2) is 5.78 Å². The zero-order valence-electron chi connectivity index (χ0n) is 18.0. The Balaban J connectivity index is 0.00000408. The smallest absolute Gasteiger partial charge is 0.352 e. The van der Waals surface area contributed by atoms with E-state index in [1.54, 1.807) is 72.8 Å². The first-order valence-electron chi connectivity index (χ1n) is 10.1. The van der Waals surface area contributed by atoms with E-state index in [1.165, 1.54) is 12.1 Å². The monoisotopic (exact) mass is 481 g/mol. The van der Waals surface area contributed by atoms with Gasteiger partial charge >= 0.3 is 5.97 Å². The summed E-state index contributed by atoms with van der Waals surface area (Å²) in [6.07, 6.45) is -2.00. The highest BCUT2D eigenvalue weighted by molar-refractivity contribution is 6.02. The number of benzene rings is 3. The average Bonchev–Trinajstić information content (AvgIpc) is 2.83. The van der Waals surface area contributed by atoms with Gasteiger partial charge in [0.2, 0.25) is 0 Å². The molecule has 8 nitrogen and oxygen atoms in total. The molecule has 0 saturated carbocycles. The van der Waals surface area contributed by atoms with Crippen molar-refractivity contribution in [2.45, 2.75) is 18.6 Å². The normalized spacial score (nSPS) is 11.9. The van der Waals surface area contributed by atoms with Gasteiger partial charge in [-0.2, -0.15) is 0 Å². The number of hydrogen-bond donors (Lipinski definition) is 4. The minimum absolute atomic E-state index is 0. The van der Waals surface area contributed by atoms with Crippen LogP contribution in [0.2, 0.25) is 0 Å². The SMILES string of the molecule is Cl.N=C(N)c1ccc(C(=O)NC(CC(=O)C(Oc2ccccc2)C(=O)O)c2ccccc2)cc1. The van der Waals surface area contributed by atoms with Crippen molar-refractivity contribution in [3.63, 3.8) is 0 Å². The number of nitrogens with two attached hydrogens (primary N) is 1. The molecular weight excluding hydrogens is 458 g/mol. The predicted molar refractivity (Wildman–Crippen MR) is 129 cm³/mol. The third-order valence-corrected chi connectivity index (χ3v) is 4.88. The minimum Gasteiger partial charge on any atom is -0.478 e. The molecule has 0 heterocycles. The van der Waals surface area contributed by atoms with Crippen LogP contribution in [0, 0.1) is 5.41 Å². The van der Waals surface area contributed by atoms with Crippen molar-refractivity contribution in [1.82, 2.24) is 5.32 Å². The van der Waals surface area contributed by atoms with Crippen molar-refractivity contribution in [3.05, 3.63) is 102 Å². The van der Waals surface area contributed by atoms with Crippen LogP contribution in [-0.2, 0) is 9.59 Å². The predicted octanol–water partition coefficient (Wildman–Crippen LogP) is 3.35. The Morgan fingerprint density at radius 3 is 1.94 bits per heavy atom. The van der Waals surface area contributed by atoms with Gasteiger partial charge in [-0.1, -0.05) is 60.7 Å². The lowest BCUT2D eigenvalue weighted by Crippen LogP contribution is -2.39. The number of carbonyl (C=O) groups is 3. The number of carbonyl (C=O) groups excluding carboxylic acids is 2. The average molecular weight is 482 g/mol. The van der Waals surface area contributed by atoms with Gasteiger partial charge < -0.3 is 20.9 Å². The second kappa shape index (κ2) is 12.2. The second-order valence-corrected chi connectivity index (χ2v) is 7.25. The molecule has 0 aromatic heterocycles. The van der Waals surface area contributed by atoms with E-state index < -0.39 is 29.8 Å². The van der Waals surface area contributed by atoms with E-state index in [1.807, 2.05) is 0 Å². The summed E-state index contributed by atoms with van der Waals surface area (Å²) in [5, 5.41) is 19.8. The van der Waals surface area contributed by atoms with E-state index in [0.29, 0.717) is 16.7 Å². The van der Waals surface area contributed by atoms with E-state index in [0.717, 1.165) is 0 Å². The van der Waals surface area contributed by atoms with Gasteiger partial charge in [-0.25, -0.2) is 4.79 Å². The molecule has 176 valence electrons. The van der Waals surface area contributed by atoms with Gasteiger partial charge in [-0.3, -0.25) is 15.0 Å². The quantitative estimate of drug-likeness (QED) is 0.199. The number of amidine groups is 1. The number of halogens is 1. The zero-order valence-corrected chi connectivity index (χ0v) is 18.8. The molecule has 1 amide bonds. The van der Waals surface area contributed by atoms with E-state index in [9.17, 15) is 19.5 Å². The van der Waals surface area contributed by atoms with Crippen LogP contribution in [0.3, 0.4) is 0 Å². The summed E-state index contributed by atoms with van der Waals surface area (Å²) in [5.74, 6) is -2.42. The van der Waals surface area contributed by atoms with Crippen LogP contribution in [0.25, 0.3) is 0 Å². The first kappa shape index (κ1) is 26.1. The van der Waals surface area contributed by atoms with Crippen molar-refractivity contribution in [2.24, 2.45) is 5.73 Å². The number of hydrogen-bond acceptors (Lipinski definition) is 5. The molecule has 0 aliphatic rings. The number of Topliss-reactive ketones (excluding diaryl/α,β-unsaturated/α-hetero) is 1. The fourth-order valence-electron chi connectivity index (χ4n) is 3.18. The number of nitrogens with one attached hydrogen (secondary N) is 2. The molecule has 0 bridgehead atoms. The maximum atomic E-state index is 12.9. The third kappa shape index (κ3) is 6.91. The molecule has 0 spiro atoms. The molecule has 34 heavy (non-hydrogen) atoms. The molecule has 5 N–H and O–H groups in total. The molecule has 0 aliphatic heterocycles. The highest BCUT2D eigenvalue weighted by Crippen LogP contribution is 2.21. The zero-order chi connectivity index (χ0) is 23.8. The molecular formula is C25H24ClN3O5. The Hall–Kier alpha value is -4.17. The van der Waals surface area contributed by atoms with Gasteiger partial charge in [-0.05, 0) is 29.8 Å². The van der Waals surface area contributed by atoms with Crippen LogP contribution in [-0.4, -0.2) is 34.7 Å². The molecule has 2 unspecified atom stereocenters. The van der Waals surface area contributed by atoms with E-state index in [4.69, 9.17) is 15.9 Å². The van der Waals surface area contributed by atoms with Gasteiger partial charge in [0.1, 0.15) is 11.6 Å². The Morgan fingerprint density at radius 1 is 0.882 bits per heavy atom. The number of carboxylic acids is 1. The fourth-order valence-corrected chi connectivity index (χ4v) is 3.18. The summed E-state index contributed by atoms with van der Waals surface area (Å²) >= 11 is 0. The van der Waals surface area contributed by atoms with Crippen LogP contribution >= 0.6 is 12.4 Å². The summed E-state index contributed by atoms with van der Waals surface area (Å²) in [4.78, 5) is 37.5. The van der Waals surface area contributed by atoms with Crippen molar-refractivity contribution in [3.8, 4) is 5.75 Å². The molecule has 0 radical (unpaired) electrons. The van der Waals surface area contributed by atoms with E-state index >= 15 is 0 Å². The molecule has 0 aliphatic carbocycles. The summed E-state index contributed by atoms with van der Waals surface area (Å²) in [7, 11) is 0. The lowest BCUT2D eigenvalue weighted by Gasteiger charge is -2.21. The number of ether oxygens (including phenoxy) is 1. The molecule has 3 aromatic carbocycles. The molecule has 2 atom stereocenters. The number of amides is 1. The van der Waals surface area contributed by atoms with E-state index in [2.05, 4.69) is 5.32 Å². The van der Waals surface area contributed by atoms with E-state index in [-0.39, 0.29) is 30.4 Å². The van der Waals surface area contributed by atoms with Crippen molar-refractivity contribution < 1.29 is 24.2 Å². The number of ketones is 1. The number of rotatable bonds is 10. The molecule has 0 fully saturated rings. The molecule has 0 saturated heterocycles. The highest BCUT2D eigenvalue weighted by atomic mass is 35.5. The topological polar surface area (TPSA) is 143 Å². The number of nitrogen functional groups attached to an aromatic ring is 1. The van der Waals surface area contributed by atoms with Crippen LogP contribution in [0.5, 0.6) is 5.75 Å². The second-order valence-electron chi connectivity index (χ2n) is 7.25. The molecule has 9 heteroatoms. The van der Waals surface area contributed by atoms with Crippen molar-refractivity contribution >= 4 is 35.9 Å². The highest BCUT2D eigenvalue weighted by Gasteiger charge is 2.31. The first-order valence-corrected chi connectivity index (χ1v) is 10.1. The van der Waals surface area contributed by atoms with Crippen LogP contribution in [0.1, 0.15) is 33.9 Å². The lowest BCUT2D eigenvalue weighted by molar-refractivity contribution is -0.150. The van der Waals surface area contributed by atoms with Gasteiger partial charge in [-0.15, -0.1) is 12.4 Å². The van der Waals surface area contributed by atoms with Crippen LogP contribution < -0.4 is 15.8 Å². The Kier molecular flexibility index (Phi) is 9.34. The third-order valence-electron chi connectivity index (χ3n) is 4.88. The maximum Gasteiger partial charge on any atom is 0.352 e. The summed E-state index contributed by atoms with van der Waals surface area (Å²) in [6, 6.07) is 22.4. The fraction of sp³-hybridized carbons (Fsp3) is 0.120.